The Morgan fingerprint density at radius 1 is 0.818 bits per heavy atom. The molecule has 0 bridgehead atoms. The van der Waals surface area contributed by atoms with Crippen molar-refractivity contribution in [3.63, 3.8) is 0 Å². The molecule has 10 heteroatoms. The largest absolute Gasteiger partial charge is 0.491 e. The summed E-state index contributed by atoms with van der Waals surface area (Å²) < 4.78 is 76.1. The zero-order valence-corrected chi connectivity index (χ0v) is 10.5. The van der Waals surface area contributed by atoms with Gasteiger partial charge < -0.3 is 10.4 Å². The monoisotopic (exact) mass is 323 g/mol. The van der Waals surface area contributed by atoms with Gasteiger partial charge in [-0.25, -0.2) is 9.97 Å². The van der Waals surface area contributed by atoms with E-state index in [-0.39, 0.29) is 11.9 Å². The Labute approximate surface area is 119 Å². The molecule has 1 aromatic carbocycles. The smallest absolute Gasteiger partial charge is 0.416 e. The van der Waals surface area contributed by atoms with Crippen molar-refractivity contribution in [2.24, 2.45) is 0 Å². The highest BCUT2D eigenvalue weighted by molar-refractivity contribution is 5.62. The first-order valence-corrected chi connectivity index (χ1v) is 5.64. The lowest BCUT2D eigenvalue weighted by molar-refractivity contribution is -0.143. The third-order valence-electron chi connectivity index (χ3n) is 2.53. The standard InChI is InChI=1S/C12H7F6N3O/c13-11(14,15)6-3-7(12(16,17)18)5-8(4-6)21-9-10(22)20-2-1-19-9/h1-5H,(H,19,21)(H,20,22). The minimum Gasteiger partial charge on any atom is -0.491 e. The molecule has 0 aliphatic carbocycles. The highest BCUT2D eigenvalue weighted by Crippen LogP contribution is 2.38. The second kappa shape index (κ2) is 5.35. The van der Waals surface area contributed by atoms with E-state index in [9.17, 15) is 31.4 Å². The molecule has 22 heavy (non-hydrogen) atoms. The highest BCUT2D eigenvalue weighted by atomic mass is 19.4. The maximum Gasteiger partial charge on any atom is 0.416 e. The number of benzene rings is 1. The average Bonchev–Trinajstić information content (AvgIpc) is 2.39. The van der Waals surface area contributed by atoms with Crippen LogP contribution in [0.3, 0.4) is 0 Å². The number of hydrogen-bond acceptors (Lipinski definition) is 4. The molecule has 0 spiro atoms. The molecule has 0 amide bonds. The molecule has 118 valence electrons. The Morgan fingerprint density at radius 2 is 1.32 bits per heavy atom. The van der Waals surface area contributed by atoms with Crippen LogP contribution >= 0.6 is 0 Å². The van der Waals surface area contributed by atoms with E-state index in [2.05, 4.69) is 15.3 Å². The van der Waals surface area contributed by atoms with Crippen molar-refractivity contribution in [1.82, 2.24) is 9.97 Å². The van der Waals surface area contributed by atoms with Gasteiger partial charge in [0, 0.05) is 18.1 Å². The van der Waals surface area contributed by atoms with Crippen molar-refractivity contribution in [1.29, 1.82) is 0 Å². The maximum absolute atomic E-state index is 12.7. The Hall–Kier alpha value is -2.52. The Kier molecular flexibility index (Phi) is 3.86. The molecule has 0 radical (unpaired) electrons. The van der Waals surface area contributed by atoms with Crippen molar-refractivity contribution in [2.45, 2.75) is 12.4 Å². The number of alkyl halides is 6. The van der Waals surface area contributed by atoms with Gasteiger partial charge in [-0.05, 0) is 18.2 Å². The lowest BCUT2D eigenvalue weighted by Gasteiger charge is -2.15. The topological polar surface area (TPSA) is 58.0 Å². The quantitative estimate of drug-likeness (QED) is 0.821. The minimum absolute atomic E-state index is 0.00170. The van der Waals surface area contributed by atoms with Gasteiger partial charge in [0.25, 0.3) is 5.88 Å². The SMILES string of the molecule is Oc1nccnc1Nc1cc(C(F)(F)F)cc(C(F)(F)F)c1. The molecule has 0 fully saturated rings. The molecule has 2 aromatic rings. The van der Waals surface area contributed by atoms with E-state index in [0.717, 1.165) is 12.4 Å². The summed E-state index contributed by atoms with van der Waals surface area (Å²) in [6, 6.07) is 0.953. The molecule has 0 aliphatic heterocycles. The summed E-state index contributed by atoms with van der Waals surface area (Å²) >= 11 is 0. The maximum atomic E-state index is 12.7. The molecule has 0 saturated carbocycles. The number of anilines is 2. The van der Waals surface area contributed by atoms with Crippen LogP contribution in [0.5, 0.6) is 5.88 Å². The first-order chi connectivity index (χ1) is 10.1. The van der Waals surface area contributed by atoms with E-state index >= 15 is 0 Å². The first kappa shape index (κ1) is 15.9. The van der Waals surface area contributed by atoms with Crippen LogP contribution in [0, 0.1) is 0 Å². The van der Waals surface area contributed by atoms with Crippen LogP contribution in [0.4, 0.5) is 37.8 Å². The number of aromatic nitrogens is 2. The first-order valence-electron chi connectivity index (χ1n) is 5.64. The van der Waals surface area contributed by atoms with Gasteiger partial charge >= 0.3 is 12.4 Å². The molecular formula is C12H7F6N3O. The predicted molar refractivity (Wildman–Crippen MR) is 63.4 cm³/mol. The van der Waals surface area contributed by atoms with Gasteiger partial charge in [0.2, 0.25) is 0 Å². The predicted octanol–water partition coefficient (Wildman–Crippen LogP) is 3.96. The molecule has 1 aromatic heterocycles. The number of aromatic hydroxyl groups is 1. The van der Waals surface area contributed by atoms with Crippen molar-refractivity contribution in [3.05, 3.63) is 41.7 Å². The zero-order chi connectivity index (χ0) is 16.5. The van der Waals surface area contributed by atoms with E-state index in [4.69, 9.17) is 0 Å². The van der Waals surface area contributed by atoms with Crippen LogP contribution < -0.4 is 5.32 Å². The fourth-order valence-electron chi connectivity index (χ4n) is 1.58. The van der Waals surface area contributed by atoms with E-state index in [1.165, 1.54) is 0 Å². The number of hydrogen-bond donors (Lipinski definition) is 2. The van der Waals surface area contributed by atoms with Crippen LogP contribution in [-0.2, 0) is 12.4 Å². The van der Waals surface area contributed by atoms with E-state index in [1.54, 1.807) is 0 Å². The summed E-state index contributed by atoms with van der Waals surface area (Å²) in [6.07, 6.45) is -7.70. The molecule has 4 nitrogen and oxygen atoms in total. The lowest BCUT2D eigenvalue weighted by atomic mass is 10.1. The van der Waals surface area contributed by atoms with Crippen molar-refractivity contribution in [3.8, 4) is 5.88 Å². The third kappa shape index (κ3) is 3.57. The summed E-state index contributed by atoms with van der Waals surface area (Å²) in [6.45, 7) is 0. The normalized spacial score (nSPS) is 12.3. The second-order valence-corrected chi connectivity index (χ2v) is 4.15. The van der Waals surface area contributed by atoms with Crippen LogP contribution in [0.25, 0.3) is 0 Å². The average molecular weight is 323 g/mol. The molecular weight excluding hydrogens is 316 g/mol. The zero-order valence-electron chi connectivity index (χ0n) is 10.5. The summed E-state index contributed by atoms with van der Waals surface area (Å²) in [5.74, 6) is -1.02. The lowest BCUT2D eigenvalue weighted by Crippen LogP contribution is -2.11. The summed E-state index contributed by atoms with van der Waals surface area (Å²) in [5, 5.41) is 11.5. The molecule has 2 rings (SSSR count). The molecule has 0 unspecified atom stereocenters. The molecule has 0 atom stereocenters. The van der Waals surface area contributed by atoms with Gasteiger partial charge in [0.1, 0.15) is 0 Å². The van der Waals surface area contributed by atoms with E-state index < -0.39 is 35.0 Å². The van der Waals surface area contributed by atoms with Crippen LogP contribution in [0.2, 0.25) is 0 Å². The van der Waals surface area contributed by atoms with E-state index in [1.807, 2.05) is 0 Å². The van der Waals surface area contributed by atoms with Gasteiger partial charge in [-0.2, -0.15) is 26.3 Å². The van der Waals surface area contributed by atoms with Crippen LogP contribution in [0.15, 0.2) is 30.6 Å². The highest BCUT2D eigenvalue weighted by Gasteiger charge is 2.37. The van der Waals surface area contributed by atoms with Gasteiger partial charge in [-0.3, -0.25) is 0 Å². The number of halogens is 6. The molecule has 0 aliphatic rings. The molecule has 0 saturated heterocycles. The summed E-state index contributed by atoms with van der Waals surface area (Å²) in [7, 11) is 0. The van der Waals surface area contributed by atoms with Gasteiger partial charge in [-0.15, -0.1) is 0 Å². The second-order valence-electron chi connectivity index (χ2n) is 4.15. The van der Waals surface area contributed by atoms with Gasteiger partial charge in [0.15, 0.2) is 5.82 Å². The van der Waals surface area contributed by atoms with Crippen molar-refractivity contribution in [2.75, 3.05) is 5.32 Å². The third-order valence-corrected chi connectivity index (χ3v) is 2.53. The van der Waals surface area contributed by atoms with Gasteiger partial charge in [0.05, 0.1) is 11.1 Å². The molecule has 1 heterocycles. The fraction of sp³-hybridized carbons (Fsp3) is 0.167. The molecule has 2 N–H and O–H groups in total. The van der Waals surface area contributed by atoms with E-state index in [0.29, 0.717) is 12.1 Å². The van der Waals surface area contributed by atoms with Crippen molar-refractivity contribution >= 4 is 11.5 Å². The van der Waals surface area contributed by atoms with Crippen LogP contribution in [-0.4, -0.2) is 15.1 Å². The minimum atomic E-state index is -4.96. The Balaban J connectivity index is 2.49. The number of nitrogens with one attached hydrogen (secondary N) is 1. The number of rotatable bonds is 2. The Morgan fingerprint density at radius 3 is 1.77 bits per heavy atom. The Bertz CT molecular complexity index is 651. The summed E-state index contributed by atoms with van der Waals surface area (Å²) in [5.41, 5.74) is -3.49. The summed E-state index contributed by atoms with van der Waals surface area (Å²) in [4.78, 5) is 6.97. The fourth-order valence-corrected chi connectivity index (χ4v) is 1.58. The van der Waals surface area contributed by atoms with Gasteiger partial charge in [-0.1, -0.05) is 0 Å². The van der Waals surface area contributed by atoms with Crippen LogP contribution in [0.1, 0.15) is 11.1 Å². The number of nitrogens with zero attached hydrogens (tertiary/aromatic N) is 2. The van der Waals surface area contributed by atoms with Crippen molar-refractivity contribution < 1.29 is 31.4 Å².